The van der Waals surface area contributed by atoms with Gasteiger partial charge in [-0.05, 0) is 60.6 Å². The molecule has 1 aromatic carbocycles. The Bertz CT molecular complexity index is 786. The maximum Gasteiger partial charge on any atom is 0.0503 e. The summed E-state index contributed by atoms with van der Waals surface area (Å²) in [5.74, 6) is 5.88. The zero-order valence-electron chi connectivity index (χ0n) is 14.7. The molecule has 5 N–H and O–H groups in total. The van der Waals surface area contributed by atoms with Crippen molar-refractivity contribution >= 4 is 11.6 Å². The molecule has 2 aromatic rings. The number of nitrogens with two attached hydrogens (primary N) is 2. The molecule has 0 radical (unpaired) electrons. The molecule has 0 spiro atoms. The quantitative estimate of drug-likeness (QED) is 0.508. The van der Waals surface area contributed by atoms with Crippen LogP contribution in [-0.4, -0.2) is 4.98 Å². The molecule has 136 valence electrons. The molecule has 4 nitrogen and oxygen atoms in total. The van der Waals surface area contributed by atoms with Gasteiger partial charge in [0.2, 0.25) is 0 Å². The molecule has 0 saturated heterocycles. The van der Waals surface area contributed by atoms with Gasteiger partial charge >= 0.3 is 0 Å². The molecule has 0 aliphatic heterocycles. The van der Waals surface area contributed by atoms with Crippen molar-refractivity contribution in [3.8, 4) is 0 Å². The smallest absolute Gasteiger partial charge is 0.0503 e. The van der Waals surface area contributed by atoms with Crippen LogP contribution in [0.4, 0.5) is 0 Å². The molecule has 1 aliphatic carbocycles. The first kappa shape index (κ1) is 18.8. The van der Waals surface area contributed by atoms with Gasteiger partial charge in [-0.25, -0.2) is 0 Å². The molecular formula is C21H25ClN4. The number of rotatable bonds is 7. The number of hydrogen-bond acceptors (Lipinski definition) is 4. The lowest BCUT2D eigenvalue weighted by atomic mass is 9.88. The Morgan fingerprint density at radius 1 is 1.00 bits per heavy atom. The monoisotopic (exact) mass is 368 g/mol. The minimum Gasteiger partial charge on any atom is -0.324 e. The minimum absolute atomic E-state index is 0.00525. The van der Waals surface area contributed by atoms with Gasteiger partial charge in [0, 0.05) is 23.5 Å². The van der Waals surface area contributed by atoms with E-state index >= 15 is 0 Å². The zero-order chi connectivity index (χ0) is 18.4. The van der Waals surface area contributed by atoms with Crippen molar-refractivity contribution in [1.29, 1.82) is 0 Å². The van der Waals surface area contributed by atoms with Crippen molar-refractivity contribution in [2.75, 3.05) is 0 Å². The molecule has 0 amide bonds. The topological polar surface area (TPSA) is 77.0 Å². The number of hydrazine groups is 1. The highest BCUT2D eigenvalue weighted by Gasteiger charge is 2.19. The summed E-state index contributed by atoms with van der Waals surface area (Å²) in [5, 5.41) is 0.910. The first-order valence-electron chi connectivity index (χ1n) is 8.91. The average Bonchev–Trinajstić information content (AvgIpc) is 2.68. The van der Waals surface area contributed by atoms with Crippen LogP contribution in [0.25, 0.3) is 0 Å². The third kappa shape index (κ3) is 4.80. The molecule has 1 aromatic heterocycles. The SMILES string of the molecule is NNC(Cc1ccncc1)c1ccccc1C(N)CC1=CC=C(Cl)CC1. The minimum atomic E-state index is -0.0731. The zero-order valence-corrected chi connectivity index (χ0v) is 15.5. The summed E-state index contributed by atoms with van der Waals surface area (Å²) >= 11 is 6.06. The van der Waals surface area contributed by atoms with Crippen LogP contribution in [0.1, 0.15) is 48.0 Å². The van der Waals surface area contributed by atoms with E-state index in [1.54, 1.807) is 12.4 Å². The Morgan fingerprint density at radius 2 is 1.73 bits per heavy atom. The van der Waals surface area contributed by atoms with E-state index in [4.69, 9.17) is 23.2 Å². The summed E-state index contributed by atoms with van der Waals surface area (Å²) in [6, 6.07) is 12.2. The summed E-state index contributed by atoms with van der Waals surface area (Å²) in [6.45, 7) is 0. The average molecular weight is 369 g/mol. The van der Waals surface area contributed by atoms with Crippen molar-refractivity contribution in [3.63, 3.8) is 0 Å². The molecule has 0 bridgehead atoms. The number of allylic oxidation sites excluding steroid dienone is 3. The van der Waals surface area contributed by atoms with Crippen LogP contribution < -0.4 is 17.0 Å². The molecule has 0 fully saturated rings. The van der Waals surface area contributed by atoms with Crippen molar-refractivity contribution in [1.82, 2.24) is 10.4 Å². The second kappa shape index (κ2) is 9.10. The van der Waals surface area contributed by atoms with Gasteiger partial charge in [-0.2, -0.15) is 0 Å². The first-order valence-corrected chi connectivity index (χ1v) is 9.28. The fourth-order valence-corrected chi connectivity index (χ4v) is 3.55. The predicted molar refractivity (Wildman–Crippen MR) is 107 cm³/mol. The third-order valence-electron chi connectivity index (χ3n) is 4.83. The van der Waals surface area contributed by atoms with E-state index in [0.717, 1.165) is 41.8 Å². The Kier molecular flexibility index (Phi) is 6.58. The third-order valence-corrected chi connectivity index (χ3v) is 5.14. The lowest BCUT2D eigenvalue weighted by Crippen LogP contribution is -2.31. The van der Waals surface area contributed by atoms with Crippen LogP contribution in [0.5, 0.6) is 0 Å². The van der Waals surface area contributed by atoms with Crippen LogP contribution >= 0.6 is 11.6 Å². The van der Waals surface area contributed by atoms with Gasteiger partial charge in [-0.1, -0.05) is 47.5 Å². The van der Waals surface area contributed by atoms with Crippen molar-refractivity contribution < 1.29 is 0 Å². The molecule has 26 heavy (non-hydrogen) atoms. The van der Waals surface area contributed by atoms with E-state index < -0.39 is 0 Å². The lowest BCUT2D eigenvalue weighted by molar-refractivity contribution is 0.539. The summed E-state index contributed by atoms with van der Waals surface area (Å²) in [6.07, 6.45) is 11.2. The molecule has 5 heteroatoms. The van der Waals surface area contributed by atoms with Gasteiger partial charge in [-0.3, -0.25) is 16.3 Å². The molecule has 2 unspecified atom stereocenters. The summed E-state index contributed by atoms with van der Waals surface area (Å²) in [4.78, 5) is 4.08. The van der Waals surface area contributed by atoms with Gasteiger partial charge < -0.3 is 5.73 Å². The van der Waals surface area contributed by atoms with E-state index in [-0.39, 0.29) is 12.1 Å². The Morgan fingerprint density at radius 3 is 2.38 bits per heavy atom. The van der Waals surface area contributed by atoms with E-state index in [9.17, 15) is 0 Å². The van der Waals surface area contributed by atoms with Gasteiger partial charge in [-0.15, -0.1) is 0 Å². The number of halogens is 1. The maximum atomic E-state index is 6.57. The summed E-state index contributed by atoms with van der Waals surface area (Å²) in [5.41, 5.74) is 14.3. The van der Waals surface area contributed by atoms with Gasteiger partial charge in [0.1, 0.15) is 0 Å². The van der Waals surface area contributed by atoms with E-state index in [1.165, 1.54) is 11.1 Å². The first-order chi connectivity index (χ1) is 12.7. The number of aromatic nitrogens is 1. The molecule has 2 atom stereocenters. The number of pyridine rings is 1. The highest BCUT2D eigenvalue weighted by Crippen LogP contribution is 2.31. The maximum absolute atomic E-state index is 6.57. The van der Waals surface area contributed by atoms with Crippen LogP contribution in [0, 0.1) is 0 Å². The molecule has 1 heterocycles. The Balaban J connectivity index is 1.80. The van der Waals surface area contributed by atoms with Crippen LogP contribution in [0.3, 0.4) is 0 Å². The highest BCUT2D eigenvalue weighted by atomic mass is 35.5. The number of benzene rings is 1. The van der Waals surface area contributed by atoms with Crippen molar-refractivity contribution in [3.05, 3.63) is 88.2 Å². The molecule has 3 rings (SSSR count). The number of nitrogens with zero attached hydrogens (tertiary/aromatic N) is 1. The van der Waals surface area contributed by atoms with Gasteiger partial charge in [0.25, 0.3) is 0 Å². The summed E-state index contributed by atoms with van der Waals surface area (Å²) in [7, 11) is 0. The second-order valence-corrected chi connectivity index (χ2v) is 7.14. The van der Waals surface area contributed by atoms with Crippen LogP contribution in [0.2, 0.25) is 0 Å². The predicted octanol–water partition coefficient (Wildman–Crippen LogP) is 4.06. The second-order valence-electron chi connectivity index (χ2n) is 6.66. The van der Waals surface area contributed by atoms with E-state index in [2.05, 4.69) is 28.6 Å². The number of nitrogens with one attached hydrogen (secondary N) is 1. The Hall–Kier alpha value is -1.98. The van der Waals surface area contributed by atoms with Crippen molar-refractivity contribution in [2.24, 2.45) is 11.6 Å². The van der Waals surface area contributed by atoms with Crippen molar-refractivity contribution in [2.45, 2.75) is 37.8 Å². The fraction of sp³-hybridized carbons (Fsp3) is 0.286. The van der Waals surface area contributed by atoms with Gasteiger partial charge in [0.15, 0.2) is 0 Å². The molecular weight excluding hydrogens is 344 g/mol. The molecule has 0 saturated carbocycles. The van der Waals surface area contributed by atoms with Crippen LogP contribution in [0.15, 0.2) is 71.5 Å². The highest BCUT2D eigenvalue weighted by molar-refractivity contribution is 6.29. The standard InChI is InChI=1S/C21H25ClN4/c22-17-7-5-15(6-8-17)13-20(23)18-3-1-2-4-19(18)21(26-24)14-16-9-11-25-12-10-16/h1-5,7,9-12,20-21,26H,6,8,13-14,23-24H2. The van der Waals surface area contributed by atoms with Crippen LogP contribution in [-0.2, 0) is 6.42 Å². The van der Waals surface area contributed by atoms with E-state index in [1.807, 2.05) is 30.3 Å². The van der Waals surface area contributed by atoms with Gasteiger partial charge in [0.05, 0.1) is 6.04 Å². The largest absolute Gasteiger partial charge is 0.324 e. The normalized spacial score (nSPS) is 16.6. The lowest BCUT2D eigenvalue weighted by Gasteiger charge is -2.24. The number of hydrogen-bond donors (Lipinski definition) is 3. The fourth-order valence-electron chi connectivity index (χ4n) is 3.40. The Labute approximate surface area is 159 Å². The van der Waals surface area contributed by atoms with E-state index in [0.29, 0.717) is 0 Å². The summed E-state index contributed by atoms with van der Waals surface area (Å²) < 4.78 is 0. The molecule has 1 aliphatic rings.